The summed E-state index contributed by atoms with van der Waals surface area (Å²) in [5, 5.41) is 16.8. The second kappa shape index (κ2) is 5.13. The summed E-state index contributed by atoms with van der Waals surface area (Å²) in [5.41, 5.74) is 0. The normalized spacial score (nSPS) is 12.3. The van der Waals surface area contributed by atoms with E-state index in [1.807, 2.05) is 12.3 Å². The van der Waals surface area contributed by atoms with Crippen molar-refractivity contribution in [3.8, 4) is 0 Å². The van der Waals surface area contributed by atoms with Gasteiger partial charge in [0.15, 0.2) is 0 Å². The molecule has 1 N–H and O–H groups in total. The topological polar surface area (TPSA) is 85.9 Å². The Labute approximate surface area is 108 Å². The van der Waals surface area contributed by atoms with E-state index in [0.29, 0.717) is 12.4 Å². The summed E-state index contributed by atoms with van der Waals surface area (Å²) in [5.74, 6) is 0.465. The van der Waals surface area contributed by atoms with Crippen molar-refractivity contribution in [2.45, 2.75) is 12.8 Å². The third-order valence-electron chi connectivity index (χ3n) is 2.54. The molecule has 0 aromatic carbocycles. The van der Waals surface area contributed by atoms with Crippen LogP contribution < -0.4 is 5.32 Å². The van der Waals surface area contributed by atoms with Crippen molar-refractivity contribution in [2.24, 2.45) is 7.05 Å². The number of aryl methyl sites for hydroxylation is 1. The Kier molecular flexibility index (Phi) is 3.56. The Morgan fingerprint density at radius 2 is 2.39 bits per heavy atom. The molecule has 0 aliphatic carbocycles. The first-order valence-corrected chi connectivity index (χ1v) is 6.26. The highest BCUT2D eigenvalue weighted by molar-refractivity contribution is 7.09. The monoisotopic (exact) mass is 267 g/mol. The summed E-state index contributed by atoms with van der Waals surface area (Å²) in [6.45, 7) is 2.60. The SMILES string of the molecule is CC(CNc1c([N+](=O)[O-])ncn1C)c1nccs1. The zero-order valence-electron chi connectivity index (χ0n) is 10.0. The maximum atomic E-state index is 10.8. The minimum Gasteiger partial charge on any atom is -0.364 e. The summed E-state index contributed by atoms with van der Waals surface area (Å²) in [7, 11) is 1.72. The van der Waals surface area contributed by atoms with Crippen molar-refractivity contribution < 1.29 is 4.92 Å². The largest absolute Gasteiger partial charge is 0.406 e. The number of rotatable bonds is 5. The summed E-state index contributed by atoms with van der Waals surface area (Å²) in [4.78, 5) is 18.3. The van der Waals surface area contributed by atoms with E-state index in [2.05, 4.69) is 15.3 Å². The highest BCUT2D eigenvalue weighted by Crippen LogP contribution is 2.23. The van der Waals surface area contributed by atoms with E-state index in [1.54, 1.807) is 29.1 Å². The van der Waals surface area contributed by atoms with Crippen molar-refractivity contribution in [1.29, 1.82) is 0 Å². The van der Waals surface area contributed by atoms with Gasteiger partial charge in [0.2, 0.25) is 12.1 Å². The van der Waals surface area contributed by atoms with Crippen LogP contribution in [-0.2, 0) is 7.05 Å². The van der Waals surface area contributed by atoms with Crippen molar-refractivity contribution in [3.63, 3.8) is 0 Å². The van der Waals surface area contributed by atoms with Gasteiger partial charge in [0.1, 0.15) is 0 Å². The first-order valence-electron chi connectivity index (χ1n) is 5.38. The van der Waals surface area contributed by atoms with Crippen LogP contribution in [0.25, 0.3) is 0 Å². The predicted octanol–water partition coefficient (Wildman–Crippen LogP) is 2.00. The molecule has 2 aromatic heterocycles. The summed E-state index contributed by atoms with van der Waals surface area (Å²) < 4.78 is 1.60. The van der Waals surface area contributed by atoms with Gasteiger partial charge in [-0.2, -0.15) is 0 Å². The number of nitrogens with one attached hydrogen (secondary N) is 1. The van der Waals surface area contributed by atoms with Gasteiger partial charge in [-0.15, -0.1) is 11.3 Å². The molecule has 1 atom stereocenters. The highest BCUT2D eigenvalue weighted by atomic mass is 32.1. The predicted molar refractivity (Wildman–Crippen MR) is 68.9 cm³/mol. The third-order valence-corrected chi connectivity index (χ3v) is 3.55. The van der Waals surface area contributed by atoms with Crippen LogP contribution in [0.1, 0.15) is 17.8 Å². The van der Waals surface area contributed by atoms with Gasteiger partial charge >= 0.3 is 5.82 Å². The Morgan fingerprint density at radius 3 is 3.00 bits per heavy atom. The lowest BCUT2D eigenvalue weighted by Gasteiger charge is -2.10. The summed E-state index contributed by atoms with van der Waals surface area (Å²) >= 11 is 1.58. The van der Waals surface area contributed by atoms with Crippen molar-refractivity contribution in [2.75, 3.05) is 11.9 Å². The molecule has 0 bridgehead atoms. The van der Waals surface area contributed by atoms with Crippen LogP contribution in [0.2, 0.25) is 0 Å². The quantitative estimate of drug-likeness (QED) is 0.661. The molecule has 0 fully saturated rings. The smallest absolute Gasteiger partial charge is 0.364 e. The molecule has 1 unspecified atom stereocenters. The summed E-state index contributed by atoms with van der Waals surface area (Å²) in [6.07, 6.45) is 3.18. The van der Waals surface area contributed by atoms with E-state index >= 15 is 0 Å². The third kappa shape index (κ3) is 2.48. The Morgan fingerprint density at radius 1 is 1.61 bits per heavy atom. The van der Waals surface area contributed by atoms with Gasteiger partial charge in [0, 0.05) is 31.1 Å². The van der Waals surface area contributed by atoms with Crippen LogP contribution in [0.3, 0.4) is 0 Å². The average Bonchev–Trinajstić information content (AvgIpc) is 2.95. The van der Waals surface area contributed by atoms with Crippen LogP contribution in [0.15, 0.2) is 17.9 Å². The number of anilines is 1. The molecule has 8 heteroatoms. The average molecular weight is 267 g/mol. The number of hydrogen-bond acceptors (Lipinski definition) is 6. The maximum Gasteiger partial charge on any atom is 0.406 e. The van der Waals surface area contributed by atoms with E-state index in [1.165, 1.54) is 6.33 Å². The minimum absolute atomic E-state index is 0.149. The van der Waals surface area contributed by atoms with Gasteiger partial charge in [-0.05, 0) is 9.91 Å². The standard InChI is InChI=1S/C10H13N5O2S/c1-7(10-11-3-4-18-10)5-12-8-9(15(16)17)13-6-14(8)2/h3-4,6-7,12H,5H2,1-2H3. The molecule has 7 nitrogen and oxygen atoms in total. The molecule has 0 aliphatic rings. The number of nitro groups is 1. The first-order chi connectivity index (χ1) is 8.59. The second-order valence-corrected chi connectivity index (χ2v) is 4.86. The number of aromatic nitrogens is 3. The van der Waals surface area contributed by atoms with Gasteiger partial charge in [-0.25, -0.2) is 4.98 Å². The molecule has 18 heavy (non-hydrogen) atoms. The van der Waals surface area contributed by atoms with Crippen LogP contribution in [0.4, 0.5) is 11.6 Å². The Hall–Kier alpha value is -1.96. The number of imidazole rings is 1. The van der Waals surface area contributed by atoms with Crippen LogP contribution in [-0.4, -0.2) is 26.0 Å². The Bertz CT molecular complexity index is 536. The molecule has 0 saturated carbocycles. The number of hydrogen-bond donors (Lipinski definition) is 1. The molecule has 2 aromatic rings. The second-order valence-electron chi connectivity index (χ2n) is 3.94. The zero-order valence-corrected chi connectivity index (χ0v) is 10.8. The molecular weight excluding hydrogens is 254 g/mol. The van der Waals surface area contributed by atoms with Gasteiger partial charge in [-0.1, -0.05) is 6.92 Å². The molecule has 0 radical (unpaired) electrons. The summed E-state index contributed by atoms with van der Waals surface area (Å²) in [6, 6.07) is 0. The Balaban J connectivity index is 2.06. The lowest BCUT2D eigenvalue weighted by Crippen LogP contribution is -2.12. The van der Waals surface area contributed by atoms with E-state index in [4.69, 9.17) is 0 Å². The van der Waals surface area contributed by atoms with Crippen LogP contribution in [0.5, 0.6) is 0 Å². The van der Waals surface area contributed by atoms with Gasteiger partial charge in [0.25, 0.3) is 0 Å². The molecule has 0 aliphatic heterocycles. The molecular formula is C10H13N5O2S. The zero-order chi connectivity index (χ0) is 13.1. The number of nitrogens with zero attached hydrogens (tertiary/aromatic N) is 4. The maximum absolute atomic E-state index is 10.8. The molecule has 0 amide bonds. The first kappa shape index (κ1) is 12.5. The van der Waals surface area contributed by atoms with E-state index in [0.717, 1.165) is 5.01 Å². The van der Waals surface area contributed by atoms with E-state index in [9.17, 15) is 10.1 Å². The van der Waals surface area contributed by atoms with Gasteiger partial charge < -0.3 is 15.4 Å². The van der Waals surface area contributed by atoms with Crippen molar-refractivity contribution >= 4 is 23.0 Å². The molecule has 0 spiro atoms. The molecule has 2 heterocycles. The van der Waals surface area contributed by atoms with E-state index < -0.39 is 4.92 Å². The lowest BCUT2D eigenvalue weighted by molar-refractivity contribution is -0.388. The fraction of sp³-hybridized carbons (Fsp3) is 0.400. The molecule has 2 rings (SSSR count). The van der Waals surface area contributed by atoms with Crippen molar-refractivity contribution in [3.05, 3.63) is 33.0 Å². The minimum atomic E-state index is -0.490. The number of thiazole rings is 1. The highest BCUT2D eigenvalue weighted by Gasteiger charge is 2.20. The fourth-order valence-electron chi connectivity index (χ4n) is 1.57. The van der Waals surface area contributed by atoms with Gasteiger partial charge in [-0.3, -0.25) is 4.57 Å². The van der Waals surface area contributed by atoms with Crippen molar-refractivity contribution in [1.82, 2.24) is 14.5 Å². The van der Waals surface area contributed by atoms with Crippen LogP contribution in [0, 0.1) is 10.1 Å². The molecule has 96 valence electrons. The van der Waals surface area contributed by atoms with Crippen LogP contribution >= 0.6 is 11.3 Å². The molecule has 0 saturated heterocycles. The van der Waals surface area contributed by atoms with Gasteiger partial charge in [0.05, 0.1) is 5.01 Å². The van der Waals surface area contributed by atoms with E-state index in [-0.39, 0.29) is 11.7 Å². The fourth-order valence-corrected chi connectivity index (χ4v) is 2.27. The lowest BCUT2D eigenvalue weighted by atomic mass is 10.2.